The Hall–Kier alpha value is -1.80. The fraction of sp³-hybridized carbons (Fsp3) is 0.529. The van der Waals surface area contributed by atoms with Gasteiger partial charge in [-0.15, -0.1) is 0 Å². The number of hydrogen-bond acceptors (Lipinski definition) is 3. The van der Waals surface area contributed by atoms with Crippen molar-refractivity contribution in [2.45, 2.75) is 51.4 Å². The third-order valence-corrected chi connectivity index (χ3v) is 9.04. The van der Waals surface area contributed by atoms with Gasteiger partial charge in [-0.3, -0.25) is 9.59 Å². The van der Waals surface area contributed by atoms with E-state index in [0.29, 0.717) is 6.07 Å². The molecule has 1 aromatic rings. The van der Waals surface area contributed by atoms with E-state index in [-0.39, 0.29) is 23.6 Å². The summed E-state index contributed by atoms with van der Waals surface area (Å²) in [6, 6.07) is 1.60. The van der Waals surface area contributed by atoms with Crippen LogP contribution in [0.2, 0.25) is 18.1 Å². The molecule has 0 aromatic heterocycles. The molecule has 25 heavy (non-hydrogen) atoms. The highest BCUT2D eigenvalue weighted by Crippen LogP contribution is 2.36. The number of rotatable bonds is 7. The molecule has 1 aromatic carbocycles. The lowest BCUT2D eigenvalue weighted by molar-refractivity contribution is -0.120. The van der Waals surface area contributed by atoms with Crippen molar-refractivity contribution in [3.63, 3.8) is 0 Å². The fourth-order valence-corrected chi connectivity index (χ4v) is 2.90. The molecule has 0 aliphatic heterocycles. The van der Waals surface area contributed by atoms with Crippen LogP contribution >= 0.6 is 0 Å². The largest absolute Gasteiger partial charge is 0.417 e. The van der Waals surface area contributed by atoms with Crippen LogP contribution in [0.4, 0.5) is 8.78 Å². The van der Waals surface area contributed by atoms with E-state index in [2.05, 4.69) is 39.2 Å². The van der Waals surface area contributed by atoms with Crippen LogP contribution < -0.4 is 11.1 Å². The highest BCUT2D eigenvalue weighted by atomic mass is 28.4. The topological polar surface area (TPSA) is 81.4 Å². The maximum Gasteiger partial charge on any atom is 0.254 e. The SMILES string of the molecule is CC(C)(C)[Si](C)(C)OCC[C@H](NC(=O)c1ccc(F)cc1F)C(N)=O. The van der Waals surface area contributed by atoms with Gasteiger partial charge in [0.1, 0.15) is 17.7 Å². The molecular formula is C17H26F2N2O3Si. The highest BCUT2D eigenvalue weighted by Gasteiger charge is 2.37. The van der Waals surface area contributed by atoms with Crippen LogP contribution in [0, 0.1) is 11.6 Å². The van der Waals surface area contributed by atoms with Crippen LogP contribution in [0.1, 0.15) is 37.6 Å². The zero-order chi connectivity index (χ0) is 19.4. The molecule has 0 unspecified atom stereocenters. The van der Waals surface area contributed by atoms with E-state index < -0.39 is 37.8 Å². The molecule has 0 saturated heterocycles. The molecule has 5 nitrogen and oxygen atoms in total. The van der Waals surface area contributed by atoms with Crippen molar-refractivity contribution in [2.24, 2.45) is 5.73 Å². The van der Waals surface area contributed by atoms with Crippen LogP contribution in [0.25, 0.3) is 0 Å². The smallest absolute Gasteiger partial charge is 0.254 e. The van der Waals surface area contributed by atoms with E-state index in [9.17, 15) is 18.4 Å². The first-order valence-electron chi connectivity index (χ1n) is 8.04. The summed E-state index contributed by atoms with van der Waals surface area (Å²) in [5, 5.41) is 2.39. The Morgan fingerprint density at radius 3 is 2.36 bits per heavy atom. The monoisotopic (exact) mass is 372 g/mol. The van der Waals surface area contributed by atoms with E-state index in [0.717, 1.165) is 12.1 Å². The molecule has 0 bridgehead atoms. The van der Waals surface area contributed by atoms with Gasteiger partial charge in [0.2, 0.25) is 5.91 Å². The molecule has 0 fully saturated rings. The van der Waals surface area contributed by atoms with Gasteiger partial charge in [-0.05, 0) is 36.7 Å². The Labute approximate surface area is 148 Å². The minimum absolute atomic E-state index is 0.00963. The molecule has 0 heterocycles. The Morgan fingerprint density at radius 1 is 1.28 bits per heavy atom. The van der Waals surface area contributed by atoms with Crippen molar-refractivity contribution < 1.29 is 22.8 Å². The van der Waals surface area contributed by atoms with Crippen LogP contribution in [0.5, 0.6) is 0 Å². The maximum absolute atomic E-state index is 13.7. The van der Waals surface area contributed by atoms with Gasteiger partial charge >= 0.3 is 0 Å². The van der Waals surface area contributed by atoms with Gasteiger partial charge in [0.05, 0.1) is 5.56 Å². The Morgan fingerprint density at radius 2 is 1.88 bits per heavy atom. The molecule has 1 rings (SSSR count). The summed E-state index contributed by atoms with van der Waals surface area (Å²) >= 11 is 0. The molecule has 140 valence electrons. The summed E-state index contributed by atoms with van der Waals surface area (Å²) in [6.07, 6.45) is 0.177. The predicted octanol–water partition coefficient (Wildman–Crippen LogP) is 2.96. The fourth-order valence-electron chi connectivity index (χ4n) is 1.84. The van der Waals surface area contributed by atoms with E-state index in [1.165, 1.54) is 0 Å². The molecule has 0 radical (unpaired) electrons. The molecule has 0 spiro atoms. The second kappa shape index (κ2) is 8.05. The minimum atomic E-state index is -1.99. The number of carbonyl (C=O) groups is 2. The van der Waals surface area contributed by atoms with Crippen LogP contribution in [-0.2, 0) is 9.22 Å². The summed E-state index contributed by atoms with van der Waals surface area (Å²) in [6.45, 7) is 10.6. The summed E-state index contributed by atoms with van der Waals surface area (Å²) in [5.41, 5.74) is 4.96. The normalized spacial score (nSPS) is 13.4. The second-order valence-corrected chi connectivity index (χ2v) is 12.3. The first-order chi connectivity index (χ1) is 11.3. The van der Waals surface area contributed by atoms with E-state index >= 15 is 0 Å². The Kier molecular flexibility index (Phi) is 6.84. The summed E-state index contributed by atoms with van der Waals surface area (Å²) < 4.78 is 32.5. The van der Waals surface area contributed by atoms with Crippen LogP contribution in [0.15, 0.2) is 18.2 Å². The Balaban J connectivity index is 2.72. The predicted molar refractivity (Wildman–Crippen MR) is 94.6 cm³/mol. The van der Waals surface area contributed by atoms with Crippen molar-refractivity contribution in [1.82, 2.24) is 5.32 Å². The second-order valence-electron chi connectivity index (χ2n) is 7.45. The van der Waals surface area contributed by atoms with E-state index in [1.54, 1.807) is 0 Å². The number of benzene rings is 1. The van der Waals surface area contributed by atoms with Gasteiger partial charge in [0.15, 0.2) is 8.32 Å². The highest BCUT2D eigenvalue weighted by molar-refractivity contribution is 6.74. The zero-order valence-corrected chi connectivity index (χ0v) is 16.3. The quantitative estimate of drug-likeness (QED) is 0.722. The van der Waals surface area contributed by atoms with Gasteiger partial charge in [-0.25, -0.2) is 8.78 Å². The number of primary amides is 1. The lowest BCUT2D eigenvalue weighted by Crippen LogP contribution is -2.47. The number of nitrogens with two attached hydrogens (primary N) is 1. The average molecular weight is 372 g/mol. The summed E-state index contributed by atoms with van der Waals surface area (Å²) in [5.74, 6) is -3.36. The molecule has 8 heteroatoms. The van der Waals surface area contributed by atoms with E-state index in [4.69, 9.17) is 10.2 Å². The van der Waals surface area contributed by atoms with Crippen molar-refractivity contribution >= 4 is 20.1 Å². The Bertz CT molecular complexity index is 645. The number of hydrogen-bond donors (Lipinski definition) is 2. The molecule has 3 N–H and O–H groups in total. The van der Waals surface area contributed by atoms with Gasteiger partial charge in [0.25, 0.3) is 5.91 Å². The number of carbonyl (C=O) groups excluding carboxylic acids is 2. The maximum atomic E-state index is 13.7. The van der Waals surface area contributed by atoms with Crippen LogP contribution in [-0.4, -0.2) is 32.8 Å². The first-order valence-corrected chi connectivity index (χ1v) is 10.9. The first kappa shape index (κ1) is 21.2. The van der Waals surface area contributed by atoms with Crippen molar-refractivity contribution in [3.05, 3.63) is 35.4 Å². The standard InChI is InChI=1S/C17H26F2N2O3Si/c1-17(2,3)25(4,5)24-9-8-14(15(20)22)21-16(23)12-7-6-11(18)10-13(12)19/h6-7,10,14H,8-9H2,1-5H3,(H2,20,22)(H,21,23)/t14-/m0/s1. The average Bonchev–Trinajstić information content (AvgIpc) is 2.44. The summed E-state index contributed by atoms with van der Waals surface area (Å²) in [7, 11) is -1.99. The number of halogens is 2. The van der Waals surface area contributed by atoms with Gasteiger partial charge in [0, 0.05) is 12.7 Å². The van der Waals surface area contributed by atoms with Crippen molar-refractivity contribution in [1.29, 1.82) is 0 Å². The minimum Gasteiger partial charge on any atom is -0.417 e. The molecule has 0 aliphatic rings. The zero-order valence-electron chi connectivity index (χ0n) is 15.3. The molecular weight excluding hydrogens is 346 g/mol. The van der Waals surface area contributed by atoms with Gasteiger partial charge in [-0.2, -0.15) is 0 Å². The third-order valence-electron chi connectivity index (χ3n) is 4.50. The third kappa shape index (κ3) is 5.89. The van der Waals surface area contributed by atoms with E-state index in [1.807, 2.05) is 0 Å². The lowest BCUT2D eigenvalue weighted by Gasteiger charge is -2.36. The summed E-state index contributed by atoms with van der Waals surface area (Å²) in [4.78, 5) is 23.7. The molecule has 1 atom stereocenters. The number of nitrogens with one attached hydrogen (secondary N) is 1. The van der Waals surface area contributed by atoms with Crippen molar-refractivity contribution in [3.8, 4) is 0 Å². The molecule has 0 aliphatic carbocycles. The van der Waals surface area contributed by atoms with Gasteiger partial charge < -0.3 is 15.5 Å². The number of amides is 2. The van der Waals surface area contributed by atoms with Crippen molar-refractivity contribution in [2.75, 3.05) is 6.61 Å². The molecule has 2 amide bonds. The molecule has 0 saturated carbocycles. The van der Waals surface area contributed by atoms with Crippen LogP contribution in [0.3, 0.4) is 0 Å². The lowest BCUT2D eigenvalue weighted by atomic mass is 10.1. The van der Waals surface area contributed by atoms with Gasteiger partial charge in [-0.1, -0.05) is 20.8 Å².